The molecule has 1 aliphatic rings. The molecule has 3 rings (SSSR count). The lowest BCUT2D eigenvalue weighted by Gasteiger charge is -2.25. The third-order valence-corrected chi connectivity index (χ3v) is 6.72. The lowest BCUT2D eigenvalue weighted by molar-refractivity contribution is -0.122. The van der Waals surface area contributed by atoms with Crippen molar-refractivity contribution in [1.29, 1.82) is 0 Å². The molecule has 1 aliphatic heterocycles. The monoisotopic (exact) mass is 438 g/mol. The summed E-state index contributed by atoms with van der Waals surface area (Å²) in [5.41, 5.74) is 0.342. The van der Waals surface area contributed by atoms with Gasteiger partial charge in [0.15, 0.2) is 4.77 Å². The van der Waals surface area contributed by atoms with Crippen molar-refractivity contribution in [3.8, 4) is 0 Å². The van der Waals surface area contributed by atoms with Gasteiger partial charge in [-0.1, -0.05) is 0 Å². The number of carbonyl (C=O) groups excluding carboxylic acids is 2. The molecule has 0 saturated carbocycles. The minimum absolute atomic E-state index is 0.0437. The molecule has 0 aliphatic carbocycles. The number of nitrogens with one attached hydrogen (secondary N) is 3. The van der Waals surface area contributed by atoms with Crippen molar-refractivity contribution >= 4 is 34.1 Å². The quantitative estimate of drug-likeness (QED) is 0.524. The second kappa shape index (κ2) is 8.84. The number of piperazine rings is 1. The van der Waals surface area contributed by atoms with Crippen LogP contribution in [0.1, 0.15) is 23.1 Å². The van der Waals surface area contributed by atoms with E-state index in [4.69, 9.17) is 12.2 Å². The van der Waals surface area contributed by atoms with Gasteiger partial charge < -0.3 is 15.2 Å². The molecule has 12 heteroatoms. The minimum Gasteiger partial charge on any atom is -0.354 e. The molecule has 2 amide bonds. The summed E-state index contributed by atoms with van der Waals surface area (Å²) in [7, 11) is -3.78. The predicted octanol–water partition coefficient (Wildman–Crippen LogP) is 0.0536. The molecule has 29 heavy (non-hydrogen) atoms. The van der Waals surface area contributed by atoms with Gasteiger partial charge in [-0.3, -0.25) is 14.7 Å². The topological polar surface area (TPSA) is 129 Å². The molecular formula is C17H22N6O4S2. The summed E-state index contributed by atoms with van der Waals surface area (Å²) in [5.74, 6) is 0.105. The molecule has 156 valence electrons. The smallest absolute Gasteiger partial charge is 0.251 e. The summed E-state index contributed by atoms with van der Waals surface area (Å²) in [6.45, 7) is 3.29. The molecular weight excluding hydrogens is 416 g/mol. The number of rotatable bonds is 7. The Morgan fingerprint density at radius 3 is 2.69 bits per heavy atom. The van der Waals surface area contributed by atoms with Gasteiger partial charge in [0.1, 0.15) is 5.82 Å². The average molecular weight is 439 g/mol. The van der Waals surface area contributed by atoms with Crippen molar-refractivity contribution in [2.45, 2.75) is 24.8 Å². The second-order valence-corrected chi connectivity index (χ2v) is 8.73. The van der Waals surface area contributed by atoms with Crippen LogP contribution in [0.5, 0.6) is 0 Å². The Hall–Kier alpha value is -2.57. The van der Waals surface area contributed by atoms with Crippen LogP contribution in [-0.4, -0.2) is 65.5 Å². The number of amides is 2. The van der Waals surface area contributed by atoms with Gasteiger partial charge in [0.05, 0.1) is 11.4 Å². The van der Waals surface area contributed by atoms with Gasteiger partial charge in [-0.2, -0.15) is 9.40 Å². The Bertz CT molecular complexity index is 1060. The third kappa shape index (κ3) is 4.71. The van der Waals surface area contributed by atoms with E-state index in [9.17, 15) is 18.0 Å². The molecule has 10 nitrogen and oxygen atoms in total. The van der Waals surface area contributed by atoms with Crippen LogP contribution in [0.3, 0.4) is 0 Å². The van der Waals surface area contributed by atoms with Crippen LogP contribution < -0.4 is 10.6 Å². The molecule has 0 atom stereocenters. The zero-order valence-corrected chi connectivity index (χ0v) is 17.5. The van der Waals surface area contributed by atoms with Crippen molar-refractivity contribution in [2.24, 2.45) is 0 Å². The Balaban J connectivity index is 1.61. The molecule has 1 aromatic carbocycles. The van der Waals surface area contributed by atoms with Gasteiger partial charge >= 0.3 is 0 Å². The van der Waals surface area contributed by atoms with E-state index in [-0.39, 0.29) is 36.3 Å². The normalized spacial score (nSPS) is 15.1. The number of H-pyrrole nitrogens is 1. The highest BCUT2D eigenvalue weighted by atomic mass is 32.2. The van der Waals surface area contributed by atoms with E-state index < -0.39 is 10.0 Å². The van der Waals surface area contributed by atoms with Crippen molar-refractivity contribution in [3.05, 3.63) is 40.4 Å². The average Bonchev–Trinajstić information content (AvgIpc) is 3.07. The number of benzene rings is 1. The van der Waals surface area contributed by atoms with E-state index in [1.54, 1.807) is 0 Å². The number of sulfonamides is 1. The molecule has 0 radical (unpaired) electrons. The number of aromatic amines is 1. The first-order chi connectivity index (χ1) is 13.8. The Morgan fingerprint density at radius 1 is 1.31 bits per heavy atom. The first-order valence-electron chi connectivity index (χ1n) is 9.12. The van der Waals surface area contributed by atoms with Crippen LogP contribution in [0.15, 0.2) is 29.2 Å². The fourth-order valence-corrected chi connectivity index (χ4v) is 4.68. The summed E-state index contributed by atoms with van der Waals surface area (Å²) >= 11 is 5.13. The Labute approximate surface area is 173 Å². The van der Waals surface area contributed by atoms with Crippen LogP contribution in [-0.2, 0) is 27.8 Å². The largest absolute Gasteiger partial charge is 0.354 e. The minimum atomic E-state index is -3.78. The van der Waals surface area contributed by atoms with E-state index >= 15 is 0 Å². The number of carbonyl (C=O) groups is 2. The molecule has 3 N–H and O–H groups in total. The van der Waals surface area contributed by atoms with E-state index in [1.165, 1.54) is 24.3 Å². The number of aromatic nitrogens is 3. The van der Waals surface area contributed by atoms with Gasteiger partial charge in [0.25, 0.3) is 5.91 Å². The maximum Gasteiger partial charge on any atom is 0.251 e. The van der Waals surface area contributed by atoms with E-state index in [2.05, 4.69) is 20.8 Å². The summed E-state index contributed by atoms with van der Waals surface area (Å²) in [4.78, 5) is 23.8. The fraction of sp³-hybridized carbons (Fsp3) is 0.412. The van der Waals surface area contributed by atoms with Gasteiger partial charge in [-0.15, -0.1) is 0 Å². The molecule has 1 fully saturated rings. The first-order valence-corrected chi connectivity index (χ1v) is 11.0. The fourth-order valence-electron chi connectivity index (χ4n) is 3.00. The SMILES string of the molecule is CCn1c(CCNC(=O)c2ccc(S(=O)(=O)N3CCNC(=O)C3)cc2)n[nH]c1=S. The maximum absolute atomic E-state index is 12.6. The maximum atomic E-state index is 12.6. The van der Waals surface area contributed by atoms with Crippen LogP contribution in [0.2, 0.25) is 0 Å². The summed E-state index contributed by atoms with van der Waals surface area (Å²) < 4.78 is 28.8. The van der Waals surface area contributed by atoms with E-state index in [0.29, 0.717) is 29.8 Å². The molecule has 0 spiro atoms. The number of hydrogen-bond donors (Lipinski definition) is 3. The van der Waals surface area contributed by atoms with Crippen molar-refractivity contribution < 1.29 is 18.0 Å². The van der Waals surface area contributed by atoms with Gasteiger partial charge in [0.2, 0.25) is 15.9 Å². The lowest BCUT2D eigenvalue weighted by atomic mass is 10.2. The number of hydrogen-bond acceptors (Lipinski definition) is 6. The van der Waals surface area contributed by atoms with Crippen molar-refractivity contribution in [1.82, 2.24) is 29.7 Å². The summed E-state index contributed by atoms with van der Waals surface area (Å²) in [6, 6.07) is 5.65. The third-order valence-electron chi connectivity index (χ3n) is 4.55. The summed E-state index contributed by atoms with van der Waals surface area (Å²) in [6.07, 6.45) is 0.510. The molecule has 1 saturated heterocycles. The highest BCUT2D eigenvalue weighted by Gasteiger charge is 2.29. The first kappa shape index (κ1) is 21.1. The standard InChI is InChI=1S/C17H22N6O4S2/c1-2-23-14(20-21-17(23)28)7-8-19-16(25)12-3-5-13(6-4-12)29(26,27)22-10-9-18-15(24)11-22/h3-6H,2,7-11H2,1H3,(H,18,24)(H,19,25)(H,21,28). The van der Waals surface area contributed by atoms with Gasteiger partial charge in [0, 0.05) is 38.2 Å². The van der Waals surface area contributed by atoms with Crippen LogP contribution in [0.25, 0.3) is 0 Å². The zero-order valence-electron chi connectivity index (χ0n) is 15.8. The summed E-state index contributed by atoms with van der Waals surface area (Å²) in [5, 5.41) is 12.2. The second-order valence-electron chi connectivity index (χ2n) is 6.41. The Morgan fingerprint density at radius 2 is 2.03 bits per heavy atom. The van der Waals surface area contributed by atoms with Crippen molar-refractivity contribution in [2.75, 3.05) is 26.2 Å². The molecule has 2 aromatic rings. The van der Waals surface area contributed by atoms with E-state index in [0.717, 1.165) is 10.1 Å². The molecule has 2 heterocycles. The van der Waals surface area contributed by atoms with Crippen LogP contribution in [0.4, 0.5) is 0 Å². The van der Waals surface area contributed by atoms with Crippen molar-refractivity contribution in [3.63, 3.8) is 0 Å². The van der Waals surface area contributed by atoms with E-state index in [1.807, 2.05) is 11.5 Å². The number of nitrogens with zero attached hydrogens (tertiary/aromatic N) is 3. The Kier molecular flexibility index (Phi) is 6.45. The molecule has 1 aromatic heterocycles. The predicted molar refractivity (Wildman–Crippen MR) is 107 cm³/mol. The van der Waals surface area contributed by atoms with Crippen LogP contribution >= 0.6 is 12.2 Å². The lowest BCUT2D eigenvalue weighted by Crippen LogP contribution is -2.49. The molecule has 0 bridgehead atoms. The van der Waals surface area contributed by atoms with Gasteiger partial charge in [-0.25, -0.2) is 8.42 Å². The van der Waals surface area contributed by atoms with Crippen LogP contribution in [0, 0.1) is 4.77 Å². The highest BCUT2D eigenvalue weighted by Crippen LogP contribution is 2.17. The molecule has 0 unspecified atom stereocenters. The van der Waals surface area contributed by atoms with Gasteiger partial charge in [-0.05, 0) is 43.4 Å². The zero-order chi connectivity index (χ0) is 21.0. The highest BCUT2D eigenvalue weighted by molar-refractivity contribution is 7.89.